The number of carbonyl (C=O) groups is 1. The van der Waals surface area contributed by atoms with Gasteiger partial charge in [-0.2, -0.15) is 11.8 Å². The maximum atomic E-state index is 13.6. The predicted molar refractivity (Wildman–Crippen MR) is 122 cm³/mol. The van der Waals surface area contributed by atoms with Crippen molar-refractivity contribution in [1.82, 2.24) is 9.97 Å². The minimum Gasteiger partial charge on any atom is -0.290 e. The van der Waals surface area contributed by atoms with Crippen molar-refractivity contribution < 1.29 is 9.18 Å². The van der Waals surface area contributed by atoms with E-state index in [1.807, 2.05) is 32.9 Å². The van der Waals surface area contributed by atoms with Crippen LogP contribution < -0.4 is 4.90 Å². The molecule has 2 aromatic rings. The molecule has 2 heterocycles. The second kappa shape index (κ2) is 10.7. The van der Waals surface area contributed by atoms with Crippen LogP contribution >= 0.6 is 23.1 Å². The van der Waals surface area contributed by atoms with Gasteiger partial charge in [0.05, 0.1) is 12.2 Å². The number of terminal acetylenes is 1. The smallest absolute Gasteiger partial charge is 0.229 e. The number of pyridine rings is 1. The van der Waals surface area contributed by atoms with Crippen LogP contribution in [0, 0.1) is 25.2 Å². The van der Waals surface area contributed by atoms with E-state index in [0.717, 1.165) is 27.0 Å². The Bertz CT molecular complexity index is 845. The molecule has 0 spiro atoms. The van der Waals surface area contributed by atoms with Crippen molar-refractivity contribution >= 4 is 34.0 Å². The number of thiazole rings is 1. The molecule has 1 aliphatic rings. The third kappa shape index (κ3) is 6.28. The molecule has 0 saturated heterocycles. The quantitative estimate of drug-likeness (QED) is 0.414. The largest absolute Gasteiger partial charge is 0.290 e. The molecule has 2 atom stereocenters. The monoisotopic (exact) mass is 433 g/mol. The standard InChI is InChI=1S/C20H22FN3OS2.C2H6/c1-4-9-24(17(25)7-10-26-13-16-11-20(16,3)21)19-14(2)23-18(27-19)15-6-5-8-22-12-15;1-2/h1,5-6,8,12,16H,7,9-11,13H2,2-3H3;1-2H3. The first-order valence-corrected chi connectivity index (χ1v) is 11.8. The van der Waals surface area contributed by atoms with E-state index in [4.69, 9.17) is 6.42 Å². The second-order valence-electron chi connectivity index (χ2n) is 6.84. The molecule has 0 aliphatic heterocycles. The van der Waals surface area contributed by atoms with Crippen LogP contribution in [-0.2, 0) is 4.79 Å². The molecule has 1 fully saturated rings. The van der Waals surface area contributed by atoms with Gasteiger partial charge in [0.2, 0.25) is 5.91 Å². The first-order chi connectivity index (χ1) is 13.9. The van der Waals surface area contributed by atoms with Gasteiger partial charge in [-0.3, -0.25) is 14.7 Å². The third-order valence-electron chi connectivity index (χ3n) is 4.59. The number of amides is 1. The lowest BCUT2D eigenvalue weighted by Crippen LogP contribution is -2.31. The average Bonchev–Trinajstić information content (AvgIpc) is 3.15. The van der Waals surface area contributed by atoms with Crippen LogP contribution in [0.3, 0.4) is 0 Å². The first-order valence-electron chi connectivity index (χ1n) is 9.80. The lowest BCUT2D eigenvalue weighted by atomic mass is 10.3. The fraction of sp³-hybridized carbons (Fsp3) is 0.500. The van der Waals surface area contributed by atoms with Crippen LogP contribution in [0.25, 0.3) is 10.6 Å². The number of alkyl halides is 1. The summed E-state index contributed by atoms with van der Waals surface area (Å²) in [4.78, 5) is 23.1. The fourth-order valence-electron chi connectivity index (χ4n) is 2.79. The number of hydrogen-bond acceptors (Lipinski definition) is 5. The molecule has 1 saturated carbocycles. The summed E-state index contributed by atoms with van der Waals surface area (Å²) in [5.74, 6) is 4.10. The van der Waals surface area contributed by atoms with Crippen LogP contribution in [0.4, 0.5) is 9.39 Å². The van der Waals surface area contributed by atoms with E-state index in [2.05, 4.69) is 15.9 Å². The number of carbonyl (C=O) groups excluding carboxylic acids is 1. The zero-order valence-corrected chi connectivity index (χ0v) is 19.1. The predicted octanol–water partition coefficient (Wildman–Crippen LogP) is 5.38. The molecule has 0 bridgehead atoms. The van der Waals surface area contributed by atoms with Crippen molar-refractivity contribution in [2.75, 3.05) is 23.0 Å². The summed E-state index contributed by atoms with van der Waals surface area (Å²) in [6.45, 7) is 7.74. The van der Waals surface area contributed by atoms with Crippen LogP contribution in [-0.4, -0.2) is 39.6 Å². The Labute approximate surface area is 181 Å². The van der Waals surface area contributed by atoms with Crippen LogP contribution in [0.1, 0.15) is 39.3 Å². The minimum absolute atomic E-state index is 0.0243. The number of rotatable bonds is 8. The summed E-state index contributed by atoms with van der Waals surface area (Å²) in [5, 5.41) is 1.59. The van der Waals surface area contributed by atoms with E-state index in [-0.39, 0.29) is 18.4 Å². The lowest BCUT2D eigenvalue weighted by Gasteiger charge is -2.19. The molecule has 0 N–H and O–H groups in total. The summed E-state index contributed by atoms with van der Waals surface area (Å²) in [7, 11) is 0. The number of thioether (sulfide) groups is 1. The zero-order valence-electron chi connectivity index (χ0n) is 17.4. The molecule has 1 aliphatic carbocycles. The third-order valence-corrected chi connectivity index (χ3v) is 6.95. The second-order valence-corrected chi connectivity index (χ2v) is 8.97. The molecule has 4 nitrogen and oxygen atoms in total. The molecule has 0 aromatic carbocycles. The Balaban J connectivity index is 0.00000145. The van der Waals surface area contributed by atoms with Crippen molar-refractivity contribution in [3.63, 3.8) is 0 Å². The molecule has 3 rings (SSSR count). The summed E-state index contributed by atoms with van der Waals surface area (Å²) >= 11 is 3.08. The maximum Gasteiger partial charge on any atom is 0.229 e. The normalized spacial score (nSPS) is 19.7. The lowest BCUT2D eigenvalue weighted by molar-refractivity contribution is -0.118. The molecule has 1 amide bonds. The van der Waals surface area contributed by atoms with Crippen molar-refractivity contribution in [3.8, 4) is 22.9 Å². The highest BCUT2D eigenvalue weighted by Gasteiger charge is 2.50. The van der Waals surface area contributed by atoms with E-state index in [0.29, 0.717) is 18.6 Å². The van der Waals surface area contributed by atoms with Gasteiger partial charge in [0.15, 0.2) is 0 Å². The van der Waals surface area contributed by atoms with E-state index in [9.17, 15) is 9.18 Å². The molecule has 7 heteroatoms. The molecule has 2 aromatic heterocycles. The Hall–Kier alpha value is -1.91. The van der Waals surface area contributed by atoms with Crippen molar-refractivity contribution in [2.24, 2.45) is 5.92 Å². The minimum atomic E-state index is -1.00. The summed E-state index contributed by atoms with van der Waals surface area (Å²) in [6.07, 6.45) is 9.96. The summed E-state index contributed by atoms with van der Waals surface area (Å²) in [5.41, 5.74) is 0.690. The number of nitrogens with zero attached hydrogens (tertiary/aromatic N) is 3. The van der Waals surface area contributed by atoms with E-state index < -0.39 is 5.67 Å². The van der Waals surface area contributed by atoms with Crippen LogP contribution in [0.5, 0.6) is 0 Å². The topological polar surface area (TPSA) is 46.1 Å². The van der Waals surface area contributed by atoms with Crippen molar-refractivity contribution in [2.45, 2.75) is 46.2 Å². The maximum absolute atomic E-state index is 13.6. The highest BCUT2D eigenvalue weighted by atomic mass is 32.2. The van der Waals surface area contributed by atoms with Crippen molar-refractivity contribution in [1.29, 1.82) is 0 Å². The van der Waals surface area contributed by atoms with Gasteiger partial charge in [0.25, 0.3) is 0 Å². The van der Waals surface area contributed by atoms with E-state index >= 15 is 0 Å². The molecular formula is C22H28FN3OS2. The zero-order chi connectivity index (χ0) is 21.4. The average molecular weight is 434 g/mol. The van der Waals surface area contributed by atoms with Gasteiger partial charge in [-0.25, -0.2) is 9.37 Å². The SMILES string of the molecule is C#CCN(C(=O)CCSCC1CC1(C)F)c1sc(-c2cccnc2)nc1C.CC. The van der Waals surface area contributed by atoms with Gasteiger partial charge in [-0.15, -0.1) is 6.42 Å². The molecular weight excluding hydrogens is 405 g/mol. The Kier molecular flexibility index (Phi) is 8.66. The van der Waals surface area contributed by atoms with Gasteiger partial charge in [0, 0.05) is 36.0 Å². The molecule has 0 radical (unpaired) electrons. The van der Waals surface area contributed by atoms with Gasteiger partial charge < -0.3 is 0 Å². The summed E-state index contributed by atoms with van der Waals surface area (Å²) < 4.78 is 13.6. The van der Waals surface area contributed by atoms with Gasteiger partial charge in [0.1, 0.15) is 15.7 Å². The fourth-order valence-corrected chi connectivity index (χ4v) is 5.10. The number of aryl methyl sites for hydroxylation is 1. The number of halogens is 1. The van der Waals surface area contributed by atoms with Crippen LogP contribution in [0.15, 0.2) is 24.5 Å². The molecule has 29 heavy (non-hydrogen) atoms. The highest BCUT2D eigenvalue weighted by molar-refractivity contribution is 7.99. The molecule has 156 valence electrons. The molecule has 2 unspecified atom stereocenters. The number of hydrogen-bond donors (Lipinski definition) is 0. The van der Waals surface area contributed by atoms with Gasteiger partial charge in [-0.1, -0.05) is 31.1 Å². The Morgan fingerprint density at radius 1 is 1.52 bits per heavy atom. The Morgan fingerprint density at radius 2 is 2.24 bits per heavy atom. The first kappa shape index (κ1) is 23.4. The van der Waals surface area contributed by atoms with Gasteiger partial charge in [-0.05, 0) is 38.2 Å². The highest BCUT2D eigenvalue weighted by Crippen LogP contribution is 2.48. The van der Waals surface area contributed by atoms with Gasteiger partial charge >= 0.3 is 0 Å². The van der Waals surface area contributed by atoms with E-state index in [1.165, 1.54) is 11.3 Å². The van der Waals surface area contributed by atoms with Crippen LogP contribution in [0.2, 0.25) is 0 Å². The van der Waals surface area contributed by atoms with Crippen molar-refractivity contribution in [3.05, 3.63) is 30.2 Å². The van der Waals surface area contributed by atoms with E-state index in [1.54, 1.807) is 36.0 Å². The Morgan fingerprint density at radius 3 is 2.83 bits per heavy atom. The number of anilines is 1. The number of aromatic nitrogens is 2. The summed E-state index contributed by atoms with van der Waals surface area (Å²) in [6, 6.07) is 3.80.